The Bertz CT molecular complexity index is 849. The lowest BCUT2D eigenvalue weighted by Gasteiger charge is -2.35. The molecule has 0 unspecified atom stereocenters. The summed E-state index contributed by atoms with van der Waals surface area (Å²) >= 11 is 9.50. The van der Waals surface area contributed by atoms with Gasteiger partial charge in [-0.05, 0) is 47.3 Å². The Morgan fingerprint density at radius 3 is 2.88 bits per heavy atom. The van der Waals surface area contributed by atoms with Crippen LogP contribution in [0, 0.1) is 11.3 Å². The quantitative estimate of drug-likeness (QED) is 0.745. The van der Waals surface area contributed by atoms with Crippen molar-refractivity contribution in [2.24, 2.45) is 0 Å². The van der Waals surface area contributed by atoms with E-state index in [0.717, 1.165) is 6.42 Å². The first-order chi connectivity index (χ1) is 12.0. The zero-order chi connectivity index (χ0) is 17.9. The molecule has 25 heavy (non-hydrogen) atoms. The molecule has 128 valence electrons. The average molecular weight is 422 g/mol. The number of hydrogen-bond acceptors (Lipinski definition) is 5. The van der Waals surface area contributed by atoms with Gasteiger partial charge in [-0.3, -0.25) is 9.78 Å². The van der Waals surface area contributed by atoms with Crippen molar-refractivity contribution in [2.75, 3.05) is 0 Å². The molecule has 0 radical (unpaired) electrons. The van der Waals surface area contributed by atoms with Gasteiger partial charge in [0.2, 0.25) is 5.88 Å². The Kier molecular flexibility index (Phi) is 5.21. The zero-order valence-corrected chi connectivity index (χ0v) is 15.5. The van der Waals surface area contributed by atoms with Crippen LogP contribution in [0.4, 0.5) is 0 Å². The second kappa shape index (κ2) is 7.38. The van der Waals surface area contributed by atoms with Crippen molar-refractivity contribution in [3.05, 3.63) is 51.3 Å². The van der Waals surface area contributed by atoms with Crippen molar-refractivity contribution >= 4 is 33.4 Å². The maximum atomic E-state index is 12.3. The van der Waals surface area contributed by atoms with Crippen molar-refractivity contribution in [1.29, 1.82) is 5.26 Å². The molecule has 0 spiro atoms. The molecule has 1 amide bonds. The molecule has 2 aromatic rings. The molecule has 3 rings (SSSR count). The third kappa shape index (κ3) is 4.09. The van der Waals surface area contributed by atoms with E-state index in [1.165, 1.54) is 12.3 Å². The Balaban J connectivity index is 1.66. The van der Waals surface area contributed by atoms with Gasteiger partial charge in [-0.25, -0.2) is 4.98 Å². The standard InChI is InChI=1S/C17H14BrClN4O2/c18-14-3-1-4-15(22-14)25-9-11-8-21-13(7-12(11)19)16(24)23-17(10-20)5-2-6-17/h1,3-4,7-8H,2,5-6,9H2,(H,23,24). The largest absolute Gasteiger partial charge is 0.473 e. The van der Waals surface area contributed by atoms with E-state index in [1.54, 1.807) is 12.1 Å². The second-order valence-electron chi connectivity index (χ2n) is 5.75. The highest BCUT2D eigenvalue weighted by Crippen LogP contribution is 2.31. The molecular weight excluding hydrogens is 408 g/mol. The summed E-state index contributed by atoms with van der Waals surface area (Å²) in [6.07, 6.45) is 3.75. The van der Waals surface area contributed by atoms with Crippen LogP contribution in [0.1, 0.15) is 35.3 Å². The number of carbonyl (C=O) groups excluding carboxylic acids is 1. The van der Waals surface area contributed by atoms with Crippen LogP contribution < -0.4 is 10.1 Å². The molecule has 1 N–H and O–H groups in total. The van der Waals surface area contributed by atoms with E-state index < -0.39 is 11.4 Å². The molecular formula is C17H14BrClN4O2. The highest BCUT2D eigenvalue weighted by atomic mass is 79.9. The van der Waals surface area contributed by atoms with E-state index >= 15 is 0 Å². The van der Waals surface area contributed by atoms with Gasteiger partial charge < -0.3 is 10.1 Å². The Labute approximate surface area is 158 Å². The summed E-state index contributed by atoms with van der Waals surface area (Å²) < 4.78 is 6.24. The van der Waals surface area contributed by atoms with E-state index in [1.807, 2.05) is 6.07 Å². The number of pyridine rings is 2. The number of nitrogens with zero attached hydrogens (tertiary/aromatic N) is 3. The molecule has 0 aromatic carbocycles. The van der Waals surface area contributed by atoms with Gasteiger partial charge in [0.1, 0.15) is 22.4 Å². The third-order valence-electron chi connectivity index (χ3n) is 4.00. The number of rotatable bonds is 5. The predicted octanol–water partition coefficient (Wildman–Crippen LogP) is 3.65. The minimum atomic E-state index is -0.764. The zero-order valence-electron chi connectivity index (χ0n) is 13.1. The van der Waals surface area contributed by atoms with E-state index in [9.17, 15) is 10.1 Å². The molecule has 1 fully saturated rings. The van der Waals surface area contributed by atoms with Crippen LogP contribution in [-0.2, 0) is 6.61 Å². The second-order valence-corrected chi connectivity index (χ2v) is 6.97. The first kappa shape index (κ1) is 17.6. The molecule has 2 aromatic heterocycles. The van der Waals surface area contributed by atoms with Crippen LogP contribution >= 0.6 is 27.5 Å². The van der Waals surface area contributed by atoms with E-state index in [4.69, 9.17) is 16.3 Å². The number of ether oxygens (including phenoxy) is 1. The molecule has 2 heterocycles. The van der Waals surface area contributed by atoms with Gasteiger partial charge in [-0.15, -0.1) is 0 Å². The smallest absolute Gasteiger partial charge is 0.271 e. The van der Waals surface area contributed by atoms with Crippen molar-refractivity contribution in [1.82, 2.24) is 15.3 Å². The number of amides is 1. The molecule has 0 aliphatic heterocycles. The summed E-state index contributed by atoms with van der Waals surface area (Å²) in [6, 6.07) is 8.98. The van der Waals surface area contributed by atoms with Crippen LogP contribution in [0.25, 0.3) is 0 Å². The number of nitriles is 1. The SMILES string of the molecule is N#CC1(NC(=O)c2cc(Cl)c(COc3cccc(Br)n3)cn2)CCC1. The maximum absolute atomic E-state index is 12.3. The lowest BCUT2D eigenvalue weighted by atomic mass is 9.78. The van der Waals surface area contributed by atoms with E-state index in [0.29, 0.717) is 33.9 Å². The molecule has 0 bridgehead atoms. The van der Waals surface area contributed by atoms with Crippen LogP contribution in [0.2, 0.25) is 5.02 Å². The first-order valence-corrected chi connectivity index (χ1v) is 8.82. The number of halogens is 2. The summed E-state index contributed by atoms with van der Waals surface area (Å²) in [7, 11) is 0. The fourth-order valence-electron chi connectivity index (χ4n) is 2.39. The van der Waals surface area contributed by atoms with Crippen LogP contribution in [0.15, 0.2) is 35.1 Å². The summed E-state index contributed by atoms with van der Waals surface area (Å²) in [5.74, 6) is 0.0532. The van der Waals surface area contributed by atoms with Crippen LogP contribution in [0.3, 0.4) is 0 Å². The topological polar surface area (TPSA) is 87.9 Å². The van der Waals surface area contributed by atoms with Gasteiger partial charge in [0.25, 0.3) is 5.91 Å². The molecule has 1 saturated carbocycles. The van der Waals surface area contributed by atoms with Crippen molar-refractivity contribution in [3.63, 3.8) is 0 Å². The predicted molar refractivity (Wildman–Crippen MR) is 95.2 cm³/mol. The highest BCUT2D eigenvalue weighted by Gasteiger charge is 2.39. The van der Waals surface area contributed by atoms with E-state index in [-0.39, 0.29) is 12.3 Å². The normalized spacial score (nSPS) is 14.9. The van der Waals surface area contributed by atoms with Crippen molar-refractivity contribution in [3.8, 4) is 11.9 Å². The third-order valence-corrected chi connectivity index (χ3v) is 4.79. The molecule has 8 heteroatoms. The minimum absolute atomic E-state index is 0.177. The lowest BCUT2D eigenvalue weighted by molar-refractivity contribution is 0.0876. The van der Waals surface area contributed by atoms with Gasteiger partial charge in [0.05, 0.1) is 11.1 Å². The van der Waals surface area contributed by atoms with Gasteiger partial charge in [-0.2, -0.15) is 5.26 Å². The van der Waals surface area contributed by atoms with Crippen molar-refractivity contribution in [2.45, 2.75) is 31.4 Å². The summed E-state index contributed by atoms with van der Waals surface area (Å²) in [5, 5.41) is 12.3. The number of aromatic nitrogens is 2. The maximum Gasteiger partial charge on any atom is 0.271 e. The first-order valence-electron chi connectivity index (χ1n) is 7.65. The summed E-state index contributed by atoms with van der Waals surface area (Å²) in [4.78, 5) is 20.6. The van der Waals surface area contributed by atoms with Crippen LogP contribution in [0.5, 0.6) is 5.88 Å². The molecule has 6 nitrogen and oxygen atoms in total. The monoisotopic (exact) mass is 420 g/mol. The molecule has 0 saturated heterocycles. The highest BCUT2D eigenvalue weighted by molar-refractivity contribution is 9.10. The Hall–Kier alpha value is -2.17. The Morgan fingerprint density at radius 2 is 2.28 bits per heavy atom. The summed E-state index contributed by atoms with van der Waals surface area (Å²) in [6.45, 7) is 0.180. The fourth-order valence-corrected chi connectivity index (χ4v) is 2.92. The van der Waals surface area contributed by atoms with Gasteiger partial charge >= 0.3 is 0 Å². The molecule has 0 atom stereocenters. The van der Waals surface area contributed by atoms with Crippen molar-refractivity contribution < 1.29 is 9.53 Å². The average Bonchev–Trinajstić information content (AvgIpc) is 2.57. The fraction of sp³-hybridized carbons (Fsp3) is 0.294. The number of carbonyl (C=O) groups is 1. The Morgan fingerprint density at radius 1 is 1.48 bits per heavy atom. The van der Waals surface area contributed by atoms with Crippen LogP contribution in [-0.4, -0.2) is 21.4 Å². The summed E-state index contributed by atoms with van der Waals surface area (Å²) in [5.41, 5.74) is 0.0498. The number of hydrogen-bond donors (Lipinski definition) is 1. The number of nitrogens with one attached hydrogen (secondary N) is 1. The molecule has 1 aliphatic rings. The van der Waals surface area contributed by atoms with E-state index in [2.05, 4.69) is 37.3 Å². The minimum Gasteiger partial charge on any atom is -0.473 e. The van der Waals surface area contributed by atoms with Gasteiger partial charge in [-0.1, -0.05) is 17.7 Å². The van der Waals surface area contributed by atoms with Gasteiger partial charge in [0.15, 0.2) is 0 Å². The lowest BCUT2D eigenvalue weighted by Crippen LogP contribution is -2.52. The van der Waals surface area contributed by atoms with Gasteiger partial charge in [0, 0.05) is 17.8 Å². The molecule has 1 aliphatic carbocycles.